The molecule has 0 N–H and O–H groups in total. The molecule has 0 saturated carbocycles. The van der Waals surface area contributed by atoms with Crippen LogP contribution in [0.4, 0.5) is 18.9 Å². The van der Waals surface area contributed by atoms with E-state index in [0.717, 1.165) is 29.8 Å². The molecule has 2 aromatic carbocycles. The van der Waals surface area contributed by atoms with Crippen LogP contribution in [0.15, 0.2) is 36.4 Å². The lowest BCUT2D eigenvalue weighted by Crippen LogP contribution is -2.45. The lowest BCUT2D eigenvalue weighted by atomic mass is 9.80. The van der Waals surface area contributed by atoms with Crippen molar-refractivity contribution < 1.29 is 13.2 Å². The quantitative estimate of drug-likeness (QED) is 0.382. The minimum atomic E-state index is -4.41. The van der Waals surface area contributed by atoms with Gasteiger partial charge in [-0.05, 0) is 73.2 Å². The Morgan fingerprint density at radius 3 is 2.41 bits per heavy atom. The van der Waals surface area contributed by atoms with E-state index in [1.165, 1.54) is 12.1 Å². The maximum absolute atomic E-state index is 12.8. The highest BCUT2D eigenvalue weighted by Crippen LogP contribution is 2.44. The average molecular weight is 419 g/mol. The molecule has 0 amide bonds. The van der Waals surface area contributed by atoms with E-state index in [2.05, 4.69) is 31.7 Å². The fourth-order valence-corrected chi connectivity index (χ4v) is 4.10. The van der Waals surface area contributed by atoms with E-state index in [4.69, 9.17) is 11.6 Å². The van der Waals surface area contributed by atoms with Gasteiger partial charge >= 0.3 is 6.18 Å². The Morgan fingerprint density at radius 1 is 1.24 bits per heavy atom. The van der Waals surface area contributed by atoms with Gasteiger partial charge in [-0.25, -0.2) is 0 Å². The van der Waals surface area contributed by atoms with Gasteiger partial charge in [0.1, 0.15) is 0 Å². The molecular weight excluding hydrogens is 397 g/mol. The molecule has 1 atom stereocenters. The maximum Gasteiger partial charge on any atom is 0.416 e. The molecule has 152 valence electrons. The number of benzene rings is 2. The van der Waals surface area contributed by atoms with Crippen LogP contribution in [-0.4, -0.2) is 12.6 Å². The molecule has 0 spiro atoms. The lowest BCUT2D eigenvalue weighted by Gasteiger charge is -2.45. The summed E-state index contributed by atoms with van der Waals surface area (Å²) in [6, 6.07) is 10.5. The molecule has 0 aliphatic carbocycles. The molecule has 2 nitrogen and oxygen atoms in total. The first-order valence-corrected chi connectivity index (χ1v) is 9.68. The number of nitriles is 1. The predicted molar refractivity (Wildman–Crippen MR) is 112 cm³/mol. The van der Waals surface area contributed by atoms with Crippen LogP contribution in [0.5, 0.6) is 0 Å². The highest BCUT2D eigenvalue weighted by Gasteiger charge is 2.34. The molecule has 0 aromatic heterocycles. The van der Waals surface area contributed by atoms with Crippen molar-refractivity contribution in [2.24, 2.45) is 0 Å². The molecule has 1 aliphatic rings. The van der Waals surface area contributed by atoms with E-state index in [1.54, 1.807) is 6.08 Å². The van der Waals surface area contributed by atoms with Gasteiger partial charge in [0.15, 0.2) is 0 Å². The Bertz CT molecular complexity index is 999. The zero-order valence-corrected chi connectivity index (χ0v) is 17.5. The highest BCUT2D eigenvalue weighted by atomic mass is 35.5. The third kappa shape index (κ3) is 4.13. The van der Waals surface area contributed by atoms with E-state index in [0.29, 0.717) is 22.1 Å². The molecule has 1 aliphatic heterocycles. The summed E-state index contributed by atoms with van der Waals surface area (Å²) in [4.78, 5) is 2.21. The van der Waals surface area contributed by atoms with Gasteiger partial charge < -0.3 is 4.90 Å². The monoisotopic (exact) mass is 418 g/mol. The molecule has 0 bridgehead atoms. The summed E-state index contributed by atoms with van der Waals surface area (Å²) in [7, 11) is 2.04. The van der Waals surface area contributed by atoms with Crippen LogP contribution in [0.1, 0.15) is 55.4 Å². The smallest absolute Gasteiger partial charge is 0.369 e. The number of alkyl halides is 3. The van der Waals surface area contributed by atoms with Gasteiger partial charge in [-0.3, -0.25) is 0 Å². The van der Waals surface area contributed by atoms with Gasteiger partial charge in [-0.1, -0.05) is 30.7 Å². The SMILES string of the molecule is CC1CC(C)(C)N(C)c2cc(Cl)c(/C=C(\C#N)c3ccc(C(F)(F)F)cc3)cc21. The summed E-state index contributed by atoms with van der Waals surface area (Å²) < 4.78 is 38.4. The number of anilines is 1. The summed E-state index contributed by atoms with van der Waals surface area (Å²) in [5.41, 5.74) is 2.83. The predicted octanol–water partition coefficient (Wildman–Crippen LogP) is 7.14. The van der Waals surface area contributed by atoms with Crippen molar-refractivity contribution >= 4 is 28.9 Å². The normalized spacial score (nSPS) is 18.9. The van der Waals surface area contributed by atoms with Crippen molar-refractivity contribution in [3.05, 3.63) is 63.7 Å². The number of rotatable bonds is 2. The summed E-state index contributed by atoms with van der Waals surface area (Å²) in [6.07, 6.45) is -1.80. The Balaban J connectivity index is 2.03. The standard InChI is InChI=1S/C23H22ClF3N2/c1-14-12-22(2,3)29(4)21-11-20(24)16(10-19(14)21)9-17(13-28)15-5-7-18(8-6-15)23(25,26)27/h5-11,14H,12H2,1-4H3/b17-9+. The second-order valence-electron chi connectivity index (χ2n) is 8.15. The second kappa shape index (κ2) is 7.42. The van der Waals surface area contributed by atoms with Gasteiger partial charge in [-0.2, -0.15) is 18.4 Å². The zero-order chi connectivity index (χ0) is 21.6. The molecule has 0 fully saturated rings. The Hall–Kier alpha value is -2.45. The highest BCUT2D eigenvalue weighted by molar-refractivity contribution is 6.32. The van der Waals surface area contributed by atoms with Crippen molar-refractivity contribution in [1.82, 2.24) is 0 Å². The minimum Gasteiger partial charge on any atom is -0.369 e. The van der Waals surface area contributed by atoms with Crippen molar-refractivity contribution in [2.45, 2.75) is 44.8 Å². The summed E-state index contributed by atoms with van der Waals surface area (Å²) in [5.74, 6) is 0.317. The van der Waals surface area contributed by atoms with E-state index >= 15 is 0 Å². The third-order valence-corrected chi connectivity index (χ3v) is 6.02. The van der Waals surface area contributed by atoms with E-state index in [-0.39, 0.29) is 11.1 Å². The number of hydrogen-bond donors (Lipinski definition) is 0. The molecule has 6 heteroatoms. The van der Waals surface area contributed by atoms with Crippen LogP contribution >= 0.6 is 11.6 Å². The Labute approximate surface area is 174 Å². The third-order valence-electron chi connectivity index (χ3n) is 5.70. The maximum atomic E-state index is 12.8. The van der Waals surface area contributed by atoms with Crippen LogP contribution in [0.3, 0.4) is 0 Å². The summed E-state index contributed by atoms with van der Waals surface area (Å²) in [6.45, 7) is 6.54. The van der Waals surface area contributed by atoms with Crippen LogP contribution in [-0.2, 0) is 6.18 Å². The van der Waals surface area contributed by atoms with Crippen molar-refractivity contribution in [2.75, 3.05) is 11.9 Å². The molecular formula is C23H22ClF3N2. The summed E-state index contributed by atoms with van der Waals surface area (Å²) in [5, 5.41) is 10.1. The van der Waals surface area contributed by atoms with Crippen LogP contribution in [0.2, 0.25) is 5.02 Å². The summed E-state index contributed by atoms with van der Waals surface area (Å²) >= 11 is 6.51. The fraction of sp³-hybridized carbons (Fsp3) is 0.348. The molecule has 1 heterocycles. The van der Waals surface area contributed by atoms with Gasteiger partial charge in [0, 0.05) is 23.3 Å². The van der Waals surface area contributed by atoms with Crippen LogP contribution in [0.25, 0.3) is 11.6 Å². The fourth-order valence-electron chi connectivity index (χ4n) is 3.89. The van der Waals surface area contributed by atoms with Gasteiger partial charge in [0.2, 0.25) is 0 Å². The number of fused-ring (bicyclic) bond motifs is 1. The van der Waals surface area contributed by atoms with Gasteiger partial charge in [0.05, 0.1) is 17.2 Å². The van der Waals surface area contributed by atoms with Crippen molar-refractivity contribution in [3.63, 3.8) is 0 Å². The second-order valence-corrected chi connectivity index (χ2v) is 8.56. The molecule has 29 heavy (non-hydrogen) atoms. The number of halogens is 4. The van der Waals surface area contributed by atoms with Gasteiger partial charge in [0.25, 0.3) is 0 Å². The first-order chi connectivity index (χ1) is 13.4. The van der Waals surface area contributed by atoms with E-state index in [9.17, 15) is 18.4 Å². The van der Waals surface area contributed by atoms with Crippen LogP contribution in [0, 0.1) is 11.3 Å². The molecule has 2 aromatic rings. The Morgan fingerprint density at radius 2 is 1.86 bits per heavy atom. The number of hydrogen-bond acceptors (Lipinski definition) is 2. The van der Waals surface area contributed by atoms with E-state index in [1.807, 2.05) is 19.2 Å². The topological polar surface area (TPSA) is 27.0 Å². The molecule has 3 rings (SSSR count). The molecule has 0 radical (unpaired) electrons. The number of allylic oxidation sites excluding steroid dienone is 1. The van der Waals surface area contributed by atoms with E-state index < -0.39 is 11.7 Å². The van der Waals surface area contributed by atoms with Crippen molar-refractivity contribution in [3.8, 4) is 6.07 Å². The minimum absolute atomic E-state index is 0.00510. The van der Waals surface area contributed by atoms with Gasteiger partial charge in [-0.15, -0.1) is 0 Å². The Kier molecular flexibility index (Phi) is 5.44. The largest absolute Gasteiger partial charge is 0.416 e. The molecule has 1 unspecified atom stereocenters. The van der Waals surface area contributed by atoms with Crippen molar-refractivity contribution in [1.29, 1.82) is 5.26 Å². The number of nitrogens with zero attached hydrogens (tertiary/aromatic N) is 2. The molecule has 0 saturated heterocycles. The van der Waals surface area contributed by atoms with Crippen LogP contribution < -0.4 is 4.90 Å². The average Bonchev–Trinajstić information content (AvgIpc) is 2.64. The first-order valence-electron chi connectivity index (χ1n) is 9.31. The lowest BCUT2D eigenvalue weighted by molar-refractivity contribution is -0.137. The zero-order valence-electron chi connectivity index (χ0n) is 16.7. The first kappa shape index (κ1) is 21.3.